The molecule has 8 atom stereocenters. The van der Waals surface area contributed by atoms with Crippen LogP contribution in [0.25, 0.3) is 0 Å². The van der Waals surface area contributed by atoms with Crippen molar-refractivity contribution in [2.24, 2.45) is 0 Å². The van der Waals surface area contributed by atoms with Gasteiger partial charge < -0.3 is 70.5 Å². The number of carbonyl (C=O) groups is 9. The number of phenolic OH excluding ortho intramolecular Hbond substituents is 2. The second kappa shape index (κ2) is 33.7. The molecule has 25 heteroatoms. The molecule has 0 radical (unpaired) electrons. The minimum absolute atomic E-state index is 0.0215. The van der Waals surface area contributed by atoms with Crippen molar-refractivity contribution < 1.29 is 92.4 Å². The van der Waals surface area contributed by atoms with Crippen LogP contribution in [-0.2, 0) is 68.0 Å². The predicted molar refractivity (Wildman–Crippen MR) is 382 cm³/mol. The molecule has 7 aromatic rings. The molecule has 10 N–H and O–H groups in total. The molecule has 1 fully saturated rings. The van der Waals surface area contributed by atoms with Gasteiger partial charge in [-0.25, -0.2) is 4.79 Å². The van der Waals surface area contributed by atoms with Gasteiger partial charge in [0.15, 0.2) is 17.9 Å². The molecule has 6 amide bonds. The molecular weight excluding hydrogens is 1350 g/mol. The molecule has 0 unspecified atom stereocenters. The van der Waals surface area contributed by atoms with Gasteiger partial charge in [0.2, 0.25) is 23.5 Å². The molecule has 2 heterocycles. The monoisotopic (exact) mass is 1430 g/mol. The normalized spacial score (nSPS) is 19.5. The summed E-state index contributed by atoms with van der Waals surface area (Å²) in [6, 6.07) is 44.4. The maximum Gasteiger partial charge on any atom is 0.407 e. The van der Waals surface area contributed by atoms with Crippen molar-refractivity contribution >= 4 is 58.7 Å². The van der Waals surface area contributed by atoms with E-state index >= 15 is 0 Å². The number of imide groups is 1. The van der Waals surface area contributed by atoms with E-state index in [9.17, 15) is 68.7 Å². The number of rotatable bonds is 31. The van der Waals surface area contributed by atoms with Crippen LogP contribution in [0, 0.1) is 0 Å². The number of aliphatic hydroxyl groups excluding tert-OH is 2. The van der Waals surface area contributed by atoms with E-state index in [1.807, 2.05) is 91.0 Å². The minimum atomic E-state index is -2.43. The average Bonchev–Trinajstić information content (AvgIpc) is 1.43. The number of ether oxygens (including phenoxy) is 5. The Labute approximate surface area is 605 Å². The Hall–Kier alpha value is -10.9. The number of nitrogens with one attached hydrogen (secondary N) is 5. The van der Waals surface area contributed by atoms with Gasteiger partial charge in [0.25, 0.3) is 11.8 Å². The number of benzene rings is 7. The number of unbranched alkanes of at least 4 members (excludes halogenated alkanes) is 3. The molecule has 0 saturated carbocycles. The summed E-state index contributed by atoms with van der Waals surface area (Å²) in [6.45, 7) is 0.720. The maximum atomic E-state index is 14.7. The van der Waals surface area contributed by atoms with Crippen molar-refractivity contribution in [1.29, 1.82) is 0 Å². The molecule has 105 heavy (non-hydrogen) atoms. The number of anilines is 1. The number of fused-ring (bicyclic) bond motifs is 3. The van der Waals surface area contributed by atoms with Gasteiger partial charge in [-0.05, 0) is 104 Å². The third kappa shape index (κ3) is 16.8. The third-order valence-electron chi connectivity index (χ3n) is 19.7. The van der Waals surface area contributed by atoms with Crippen molar-refractivity contribution in [2.75, 3.05) is 39.2 Å². The van der Waals surface area contributed by atoms with Crippen LogP contribution in [0.5, 0.6) is 23.0 Å². The Morgan fingerprint density at radius 1 is 0.676 bits per heavy atom. The summed E-state index contributed by atoms with van der Waals surface area (Å²) >= 11 is 0. The molecule has 0 spiro atoms. The lowest BCUT2D eigenvalue weighted by atomic mass is 9.72. The lowest BCUT2D eigenvalue weighted by Gasteiger charge is -2.42. The summed E-state index contributed by atoms with van der Waals surface area (Å²) in [4.78, 5) is 123. The summed E-state index contributed by atoms with van der Waals surface area (Å²) in [7, 11) is 2.90. The Morgan fingerprint density at radius 2 is 1.32 bits per heavy atom. The van der Waals surface area contributed by atoms with Gasteiger partial charge in [-0.1, -0.05) is 134 Å². The van der Waals surface area contributed by atoms with E-state index in [0.717, 1.165) is 27.2 Å². The van der Waals surface area contributed by atoms with Crippen LogP contribution in [-0.4, -0.2) is 160 Å². The van der Waals surface area contributed by atoms with Crippen LogP contribution >= 0.6 is 0 Å². The molecule has 11 rings (SSSR count). The molecular formula is C80H84N6O19. The zero-order chi connectivity index (χ0) is 74.5. The third-order valence-corrected chi connectivity index (χ3v) is 19.7. The summed E-state index contributed by atoms with van der Waals surface area (Å²) < 4.78 is 28.9. The van der Waals surface area contributed by atoms with Crippen LogP contribution in [0.15, 0.2) is 170 Å². The first-order valence-corrected chi connectivity index (χ1v) is 34.9. The van der Waals surface area contributed by atoms with Crippen LogP contribution in [0.2, 0.25) is 0 Å². The second-order valence-corrected chi connectivity index (χ2v) is 26.5. The predicted octanol–water partition coefficient (Wildman–Crippen LogP) is 7.37. The van der Waals surface area contributed by atoms with Crippen LogP contribution in [0.4, 0.5) is 10.5 Å². The Bertz CT molecular complexity index is 4330. The SMILES string of the molecule is COc1ccc(C(NCCCC[C@H](NC(=O)[C@H](Cc2ccccc2)NC(=O)CCCCCN2C(=O)C=CC2=O)C(=O)Nc2ccc(COC(=O)N[C@H]3C[C@H](O[C@H]4C[C@](O)(C(=O)CO)Cc5c(O)c6c(c(O)c54)C(=O)c4c(OC)cccc4C6=O)O[C@@H](C)[C@H]3O)cc2)(c2ccccc2)c2ccccc2)cc1. The van der Waals surface area contributed by atoms with Crippen molar-refractivity contribution in [3.63, 3.8) is 0 Å². The number of Topliss-reactive ketones (excluding diaryl/α,β-unsaturated/α-hetero) is 1. The van der Waals surface area contributed by atoms with Crippen molar-refractivity contribution in [3.8, 4) is 23.0 Å². The fraction of sp³-hybridized carbons (Fsp3) is 0.338. The number of aliphatic hydroxyl groups is 3. The largest absolute Gasteiger partial charge is 0.507 e. The first-order chi connectivity index (χ1) is 50.6. The topological polar surface area (TPSA) is 364 Å². The number of alkyl carbamates (subject to hydrolysis) is 1. The van der Waals surface area contributed by atoms with Gasteiger partial charge >= 0.3 is 6.09 Å². The molecule has 7 aromatic carbocycles. The van der Waals surface area contributed by atoms with Gasteiger partial charge in [-0.15, -0.1) is 0 Å². The van der Waals surface area contributed by atoms with E-state index < -0.39 is 137 Å². The number of aromatic hydroxyl groups is 2. The second-order valence-electron chi connectivity index (χ2n) is 26.5. The number of amides is 6. The summed E-state index contributed by atoms with van der Waals surface area (Å²) in [5.41, 5.74) is -0.770. The van der Waals surface area contributed by atoms with Crippen molar-refractivity contribution in [3.05, 3.63) is 231 Å². The first-order valence-electron chi connectivity index (χ1n) is 34.9. The highest BCUT2D eigenvalue weighted by Crippen LogP contribution is 2.53. The van der Waals surface area contributed by atoms with Gasteiger partial charge in [0, 0.05) is 73.2 Å². The number of hydrogen-bond donors (Lipinski definition) is 10. The van der Waals surface area contributed by atoms with Crippen LogP contribution in [0.1, 0.15) is 142 Å². The molecule has 1 saturated heterocycles. The highest BCUT2D eigenvalue weighted by Gasteiger charge is 2.51. The molecule has 2 aliphatic carbocycles. The van der Waals surface area contributed by atoms with Crippen molar-refractivity contribution in [2.45, 2.75) is 138 Å². The number of nitrogens with zero attached hydrogens (tertiary/aromatic N) is 1. The standard InChI is InChI=1S/C80H84N6O19/c1-47-71(92)58(42-66(104-47)105-61-44-79(100,62(88)45-87)43-56-68(61)75(96)70-69(73(56)94)72(93)55-25-18-27-60(102-3)67(55)74(70)95)85-78(99)103-46-49-29-33-53(34-30-49)82-76(97)57(84-77(98)59(41-48-19-8-4-9-20-48)83-63(89)28-14-7-17-40-86-64(90)37-38-65(86)91)26-15-16-39-81-80(50-21-10-5-11-22-50,51-23-12-6-13-24-51)52-31-35-54(101-2)36-32-52/h4-6,8-13,18-25,27,29-38,47,57-59,61,66,71,81,87,92,94,96,100H,7,14-17,26,28,39-46H2,1-3H3,(H,82,97)(H,83,89)(H,84,98)(H,85,99)/t47-,57-,58-,59-,61-,66-,71+,79-/m0/s1. The fourth-order valence-electron chi connectivity index (χ4n) is 14.1. The van der Waals surface area contributed by atoms with E-state index in [1.165, 1.54) is 44.4 Å². The minimum Gasteiger partial charge on any atom is -0.507 e. The van der Waals surface area contributed by atoms with Crippen LogP contribution in [0.3, 0.4) is 0 Å². The Balaban J connectivity index is 0.762. The number of methoxy groups -OCH3 is 2. The highest BCUT2D eigenvalue weighted by molar-refractivity contribution is 6.31. The van der Waals surface area contributed by atoms with E-state index in [-0.39, 0.29) is 78.7 Å². The van der Waals surface area contributed by atoms with E-state index in [0.29, 0.717) is 55.6 Å². The Morgan fingerprint density at radius 3 is 1.97 bits per heavy atom. The average molecular weight is 1430 g/mol. The molecule has 0 aromatic heterocycles. The van der Waals surface area contributed by atoms with E-state index in [4.69, 9.17) is 23.7 Å². The number of phenols is 2. The molecule has 2 aliphatic heterocycles. The lowest BCUT2D eigenvalue weighted by Crippen LogP contribution is -2.56. The summed E-state index contributed by atoms with van der Waals surface area (Å²) in [5, 5.41) is 72.3. The lowest BCUT2D eigenvalue weighted by molar-refractivity contribution is -0.249. The molecule has 25 nitrogen and oxygen atoms in total. The van der Waals surface area contributed by atoms with Crippen LogP contribution < -0.4 is 36.1 Å². The first kappa shape index (κ1) is 75.2. The highest BCUT2D eigenvalue weighted by atomic mass is 16.7. The maximum absolute atomic E-state index is 14.7. The van der Waals surface area contributed by atoms with E-state index in [2.05, 4.69) is 50.8 Å². The Kier molecular flexibility index (Phi) is 24.1. The number of carbonyl (C=O) groups excluding carboxylic acids is 9. The number of hydrogen-bond acceptors (Lipinski definition) is 20. The smallest absolute Gasteiger partial charge is 0.407 e. The van der Waals surface area contributed by atoms with Crippen molar-refractivity contribution in [1.82, 2.24) is 26.2 Å². The van der Waals surface area contributed by atoms with Gasteiger partial charge in [0.1, 0.15) is 60.0 Å². The summed E-state index contributed by atoms with van der Waals surface area (Å²) in [6.07, 6.45) is -2.80. The van der Waals surface area contributed by atoms with Gasteiger partial charge in [-0.2, -0.15) is 0 Å². The quantitative estimate of drug-likeness (QED) is 0.00877. The molecule has 0 bridgehead atoms. The molecule has 4 aliphatic rings. The van der Waals surface area contributed by atoms with Gasteiger partial charge in [0.05, 0.1) is 54.7 Å². The van der Waals surface area contributed by atoms with Gasteiger partial charge in [-0.3, -0.25) is 48.6 Å². The zero-order valence-corrected chi connectivity index (χ0v) is 58.2. The fourth-order valence-corrected chi connectivity index (χ4v) is 14.1. The molecule has 548 valence electrons. The number of ketones is 3. The zero-order valence-electron chi connectivity index (χ0n) is 58.2. The van der Waals surface area contributed by atoms with E-state index in [1.54, 1.807) is 31.4 Å². The summed E-state index contributed by atoms with van der Waals surface area (Å²) in [5.74, 6) is -5.99.